The van der Waals surface area contributed by atoms with Gasteiger partial charge in [-0.05, 0) is 30.9 Å². The molecule has 2 atom stereocenters. The van der Waals surface area contributed by atoms with Gasteiger partial charge in [0.05, 0.1) is 4.92 Å². The summed E-state index contributed by atoms with van der Waals surface area (Å²) in [7, 11) is 1.88. The van der Waals surface area contributed by atoms with Gasteiger partial charge < -0.3 is 4.90 Å². The van der Waals surface area contributed by atoms with Gasteiger partial charge in [0.25, 0.3) is 0 Å². The van der Waals surface area contributed by atoms with Crippen LogP contribution in [0.3, 0.4) is 0 Å². The van der Waals surface area contributed by atoms with Crippen LogP contribution in [0.1, 0.15) is 32.6 Å². The number of nitrogens with zero attached hydrogens (tertiary/aromatic N) is 2. The zero-order chi connectivity index (χ0) is 19.3. The summed E-state index contributed by atoms with van der Waals surface area (Å²) in [6.45, 7) is 2.21. The molecular formula is C18H21Cl3N2O2S. The first-order valence-corrected chi connectivity index (χ1v) is 10.3. The average Bonchev–Trinajstić information content (AvgIpc) is 2.61. The van der Waals surface area contributed by atoms with Gasteiger partial charge in [0.15, 0.2) is 10.1 Å². The molecule has 142 valence electrons. The van der Waals surface area contributed by atoms with Gasteiger partial charge in [-0.15, -0.1) is 0 Å². The minimum Gasteiger partial charge on any atom is -0.361 e. The topological polar surface area (TPSA) is 46.4 Å². The van der Waals surface area contributed by atoms with E-state index in [0.29, 0.717) is 10.9 Å². The molecule has 8 heteroatoms. The van der Waals surface area contributed by atoms with Crippen LogP contribution in [0.25, 0.3) is 0 Å². The number of hydrogen-bond acceptors (Lipinski definition) is 4. The molecule has 0 aliphatic heterocycles. The van der Waals surface area contributed by atoms with Gasteiger partial charge in [0, 0.05) is 18.0 Å². The van der Waals surface area contributed by atoms with E-state index >= 15 is 0 Å². The molecule has 1 aromatic rings. The van der Waals surface area contributed by atoms with Crippen LogP contribution >= 0.6 is 46.6 Å². The largest absolute Gasteiger partial charge is 0.361 e. The highest BCUT2D eigenvalue weighted by Gasteiger charge is 2.32. The van der Waals surface area contributed by atoms with Crippen molar-refractivity contribution in [2.45, 2.75) is 43.5 Å². The monoisotopic (exact) mass is 434 g/mol. The summed E-state index contributed by atoms with van der Waals surface area (Å²) in [5.74, 6) is 0.584. The summed E-state index contributed by atoms with van der Waals surface area (Å²) in [5, 5.41) is 12.0. The van der Waals surface area contributed by atoms with Crippen molar-refractivity contribution >= 4 is 46.6 Å². The Hall–Kier alpha value is -0.880. The lowest BCUT2D eigenvalue weighted by molar-refractivity contribution is -0.421. The predicted molar refractivity (Wildman–Crippen MR) is 110 cm³/mol. The standard InChI is InChI=1S/C18H21Cl3N2O2S/c1-12-7-6-8-13(11-12)22(2)18(26-14-9-4-3-5-10-14)16(23(24)25)15(19)17(20)21/h3-5,9-10,12-13H,6-8,11H2,1-2H3/b18-16+. The van der Waals surface area contributed by atoms with Gasteiger partial charge in [-0.25, -0.2) is 0 Å². The van der Waals surface area contributed by atoms with Crippen LogP contribution in [0, 0.1) is 16.0 Å². The fourth-order valence-corrected chi connectivity index (χ4v) is 4.63. The van der Waals surface area contributed by atoms with E-state index < -0.39 is 4.92 Å². The molecule has 26 heavy (non-hydrogen) atoms. The minimum atomic E-state index is -0.513. The number of halogens is 3. The third kappa shape index (κ3) is 5.56. The summed E-state index contributed by atoms with van der Waals surface area (Å²) >= 11 is 19.0. The molecule has 0 N–H and O–H groups in total. The van der Waals surface area contributed by atoms with Crippen molar-refractivity contribution in [2.24, 2.45) is 5.92 Å². The third-order valence-corrected chi connectivity index (χ3v) is 6.62. The molecule has 0 saturated heterocycles. The summed E-state index contributed by atoms with van der Waals surface area (Å²) in [5.41, 5.74) is -0.263. The molecule has 4 nitrogen and oxygen atoms in total. The maximum atomic E-state index is 11.8. The molecule has 0 aromatic heterocycles. The smallest absolute Gasteiger partial charge is 0.320 e. The average molecular weight is 436 g/mol. The number of thioether (sulfide) groups is 1. The number of allylic oxidation sites excluding steroid dienone is 1. The quantitative estimate of drug-likeness (QED) is 0.218. The van der Waals surface area contributed by atoms with Gasteiger partial charge in [-0.2, -0.15) is 0 Å². The van der Waals surface area contributed by atoms with E-state index in [9.17, 15) is 10.1 Å². The van der Waals surface area contributed by atoms with Crippen molar-refractivity contribution < 1.29 is 4.92 Å². The summed E-state index contributed by atoms with van der Waals surface area (Å²) in [6, 6.07) is 9.69. The molecule has 0 spiro atoms. The van der Waals surface area contributed by atoms with Crippen molar-refractivity contribution in [2.75, 3.05) is 7.05 Å². The van der Waals surface area contributed by atoms with Crippen LogP contribution in [0.2, 0.25) is 0 Å². The van der Waals surface area contributed by atoms with Gasteiger partial charge in [0.2, 0.25) is 0 Å². The maximum absolute atomic E-state index is 11.8. The summed E-state index contributed by atoms with van der Waals surface area (Å²) in [4.78, 5) is 14.1. The Morgan fingerprint density at radius 1 is 1.23 bits per heavy atom. The Morgan fingerprint density at radius 2 is 1.88 bits per heavy atom. The van der Waals surface area contributed by atoms with Crippen LogP contribution in [-0.2, 0) is 0 Å². The van der Waals surface area contributed by atoms with Gasteiger partial charge in [0.1, 0.15) is 4.49 Å². The first kappa shape index (κ1) is 21.4. The lowest BCUT2D eigenvalue weighted by Gasteiger charge is -2.36. The predicted octanol–water partition coefficient (Wildman–Crippen LogP) is 6.62. The Balaban J connectivity index is 2.51. The van der Waals surface area contributed by atoms with Crippen LogP contribution in [0.5, 0.6) is 0 Å². The van der Waals surface area contributed by atoms with Crippen LogP contribution in [0.4, 0.5) is 0 Å². The zero-order valence-electron chi connectivity index (χ0n) is 14.6. The van der Waals surface area contributed by atoms with E-state index in [1.807, 2.05) is 42.3 Å². The number of benzene rings is 1. The van der Waals surface area contributed by atoms with E-state index in [-0.39, 0.29) is 21.3 Å². The zero-order valence-corrected chi connectivity index (χ0v) is 17.7. The van der Waals surface area contributed by atoms with Crippen LogP contribution in [-0.4, -0.2) is 22.9 Å². The van der Waals surface area contributed by atoms with E-state index in [1.54, 1.807) is 0 Å². The van der Waals surface area contributed by atoms with Crippen molar-refractivity contribution in [3.63, 3.8) is 0 Å². The highest BCUT2D eigenvalue weighted by atomic mass is 35.5. The van der Waals surface area contributed by atoms with Gasteiger partial charge in [-0.3, -0.25) is 10.1 Å². The Labute approximate surface area is 173 Å². The van der Waals surface area contributed by atoms with E-state index in [0.717, 1.165) is 24.2 Å². The summed E-state index contributed by atoms with van der Waals surface area (Å²) < 4.78 is -0.310. The number of hydrogen-bond donors (Lipinski definition) is 0. The Bertz CT molecular complexity index is 706. The van der Waals surface area contributed by atoms with Gasteiger partial charge in [-0.1, -0.05) is 84.5 Å². The lowest BCUT2D eigenvalue weighted by Crippen LogP contribution is -2.35. The Kier molecular flexibility index (Phi) is 8.14. The highest BCUT2D eigenvalue weighted by Crippen LogP contribution is 2.40. The van der Waals surface area contributed by atoms with Crippen molar-refractivity contribution in [1.82, 2.24) is 4.90 Å². The molecule has 1 aliphatic carbocycles. The molecule has 2 rings (SSSR count). The molecular weight excluding hydrogens is 415 g/mol. The fourth-order valence-electron chi connectivity index (χ4n) is 3.15. The minimum absolute atomic E-state index is 0.207. The first-order chi connectivity index (χ1) is 12.3. The SMILES string of the molecule is CC1CCCC(N(C)/C(Sc2ccccc2)=C(/C(Cl)=C(Cl)Cl)[N+](=O)[O-])C1. The van der Waals surface area contributed by atoms with Crippen molar-refractivity contribution in [3.8, 4) is 0 Å². The number of rotatable bonds is 6. The van der Waals surface area contributed by atoms with Gasteiger partial charge >= 0.3 is 5.70 Å². The highest BCUT2D eigenvalue weighted by molar-refractivity contribution is 8.03. The fraction of sp³-hybridized carbons (Fsp3) is 0.444. The molecule has 1 saturated carbocycles. The molecule has 0 bridgehead atoms. The third-order valence-electron chi connectivity index (χ3n) is 4.49. The molecule has 1 aromatic carbocycles. The second-order valence-corrected chi connectivity index (χ2v) is 8.83. The lowest BCUT2D eigenvalue weighted by atomic mass is 9.86. The maximum Gasteiger partial charge on any atom is 0.320 e. The second kappa shape index (κ2) is 9.88. The van der Waals surface area contributed by atoms with Crippen molar-refractivity contribution in [1.29, 1.82) is 0 Å². The van der Waals surface area contributed by atoms with E-state index in [4.69, 9.17) is 34.8 Å². The molecule has 0 radical (unpaired) electrons. The summed E-state index contributed by atoms with van der Waals surface area (Å²) in [6.07, 6.45) is 4.26. The van der Waals surface area contributed by atoms with E-state index in [2.05, 4.69) is 6.92 Å². The first-order valence-electron chi connectivity index (χ1n) is 8.36. The molecule has 0 heterocycles. The normalized spacial score (nSPS) is 21.0. The van der Waals surface area contributed by atoms with E-state index in [1.165, 1.54) is 18.2 Å². The Morgan fingerprint density at radius 3 is 2.42 bits per heavy atom. The molecule has 1 aliphatic rings. The van der Waals surface area contributed by atoms with Crippen molar-refractivity contribution in [3.05, 3.63) is 60.7 Å². The van der Waals surface area contributed by atoms with Crippen LogP contribution < -0.4 is 0 Å². The molecule has 2 unspecified atom stereocenters. The number of nitro groups is 1. The second-order valence-electron chi connectivity index (χ2n) is 6.44. The molecule has 1 fully saturated rings. The molecule has 0 amide bonds. The van der Waals surface area contributed by atoms with Crippen LogP contribution in [0.15, 0.2) is 55.5 Å².